The number of hydrogen-bond acceptors (Lipinski definition) is 3. The molecular formula is C14H16ClNO3. The van der Waals surface area contributed by atoms with Crippen LogP contribution in [0, 0.1) is 0 Å². The van der Waals surface area contributed by atoms with E-state index in [1.54, 1.807) is 6.07 Å². The molecule has 5 heteroatoms. The lowest BCUT2D eigenvalue weighted by atomic mass is 10.2. The van der Waals surface area contributed by atoms with E-state index in [9.17, 15) is 4.79 Å². The number of esters is 1. The Kier molecular flexibility index (Phi) is 4.82. The van der Waals surface area contributed by atoms with E-state index in [-0.39, 0.29) is 19.1 Å². The number of benzene rings is 1. The summed E-state index contributed by atoms with van der Waals surface area (Å²) < 4.78 is 12.0. The zero-order valence-electron chi connectivity index (χ0n) is 10.8. The molecule has 0 aliphatic rings. The van der Waals surface area contributed by atoms with Crippen LogP contribution in [0.3, 0.4) is 0 Å². The fraction of sp³-hybridized carbons (Fsp3) is 0.357. The molecule has 1 heterocycles. The molecule has 0 atom stereocenters. The van der Waals surface area contributed by atoms with Crippen LogP contribution in [0.25, 0.3) is 10.9 Å². The summed E-state index contributed by atoms with van der Waals surface area (Å²) in [4.78, 5) is 11.7. The van der Waals surface area contributed by atoms with Crippen molar-refractivity contribution in [1.29, 1.82) is 0 Å². The van der Waals surface area contributed by atoms with Crippen molar-refractivity contribution in [3.8, 4) is 0 Å². The lowest BCUT2D eigenvalue weighted by molar-refractivity contribution is -0.145. The molecule has 0 fully saturated rings. The average molecular weight is 282 g/mol. The number of fused-ring (bicyclic) bond motifs is 1. The molecule has 1 aromatic heterocycles. The quantitative estimate of drug-likeness (QED) is 0.604. The van der Waals surface area contributed by atoms with Crippen molar-refractivity contribution < 1.29 is 14.3 Å². The van der Waals surface area contributed by atoms with Crippen LogP contribution in [0.4, 0.5) is 0 Å². The Hall–Kier alpha value is -1.52. The van der Waals surface area contributed by atoms with Crippen LogP contribution < -0.4 is 0 Å². The Labute approximate surface area is 116 Å². The SMILES string of the molecule is CCOCCOC(=O)Cn1ccc2cc(Cl)ccc21. The topological polar surface area (TPSA) is 40.5 Å². The van der Waals surface area contributed by atoms with Gasteiger partial charge >= 0.3 is 5.97 Å². The molecule has 4 nitrogen and oxygen atoms in total. The standard InChI is InChI=1S/C14H16ClNO3/c1-2-18-7-8-19-14(17)10-16-6-5-11-9-12(15)3-4-13(11)16/h3-6,9H,2,7-8,10H2,1H3. The number of halogens is 1. The molecule has 0 saturated carbocycles. The van der Waals surface area contributed by atoms with Crippen molar-refractivity contribution in [3.63, 3.8) is 0 Å². The molecule has 19 heavy (non-hydrogen) atoms. The van der Waals surface area contributed by atoms with Gasteiger partial charge in [-0.25, -0.2) is 0 Å². The molecular weight excluding hydrogens is 266 g/mol. The minimum atomic E-state index is -0.271. The number of ether oxygens (including phenoxy) is 2. The molecule has 0 aliphatic heterocycles. The highest BCUT2D eigenvalue weighted by molar-refractivity contribution is 6.31. The molecule has 0 amide bonds. The van der Waals surface area contributed by atoms with Crippen molar-refractivity contribution >= 4 is 28.5 Å². The number of carbonyl (C=O) groups excluding carboxylic acids is 1. The second kappa shape index (κ2) is 6.59. The molecule has 2 aromatic rings. The second-order valence-corrected chi connectivity index (χ2v) is 4.50. The van der Waals surface area contributed by atoms with Gasteiger partial charge in [-0.3, -0.25) is 4.79 Å². The first-order valence-corrected chi connectivity index (χ1v) is 6.56. The highest BCUT2D eigenvalue weighted by Crippen LogP contribution is 2.20. The fourth-order valence-electron chi connectivity index (χ4n) is 1.85. The van der Waals surface area contributed by atoms with E-state index in [0.29, 0.717) is 18.2 Å². The van der Waals surface area contributed by atoms with Gasteiger partial charge in [0.2, 0.25) is 0 Å². The van der Waals surface area contributed by atoms with E-state index in [0.717, 1.165) is 10.9 Å². The van der Waals surface area contributed by atoms with Gasteiger partial charge in [0.1, 0.15) is 13.2 Å². The van der Waals surface area contributed by atoms with Gasteiger partial charge in [0.05, 0.1) is 6.61 Å². The van der Waals surface area contributed by atoms with Gasteiger partial charge in [0, 0.05) is 28.7 Å². The van der Waals surface area contributed by atoms with Gasteiger partial charge in [-0.05, 0) is 31.2 Å². The van der Waals surface area contributed by atoms with Crippen LogP contribution in [0.1, 0.15) is 6.92 Å². The van der Waals surface area contributed by atoms with Gasteiger partial charge in [-0.15, -0.1) is 0 Å². The van der Waals surface area contributed by atoms with Gasteiger partial charge in [0.25, 0.3) is 0 Å². The van der Waals surface area contributed by atoms with Crippen LogP contribution in [-0.2, 0) is 20.8 Å². The van der Waals surface area contributed by atoms with Crippen molar-refractivity contribution in [3.05, 3.63) is 35.5 Å². The Bertz CT molecular complexity index is 565. The maximum Gasteiger partial charge on any atom is 0.326 e. The lowest BCUT2D eigenvalue weighted by Crippen LogP contribution is -2.15. The summed E-state index contributed by atoms with van der Waals surface area (Å²) in [6.45, 7) is 3.44. The third-order valence-corrected chi connectivity index (χ3v) is 2.96. The predicted molar refractivity (Wildman–Crippen MR) is 74.4 cm³/mol. The maximum absolute atomic E-state index is 11.7. The zero-order chi connectivity index (χ0) is 13.7. The molecule has 0 spiro atoms. The lowest BCUT2D eigenvalue weighted by Gasteiger charge is -2.07. The van der Waals surface area contributed by atoms with Crippen molar-refractivity contribution in [2.75, 3.05) is 19.8 Å². The number of hydrogen-bond donors (Lipinski definition) is 0. The zero-order valence-corrected chi connectivity index (χ0v) is 11.5. The van der Waals surface area contributed by atoms with E-state index >= 15 is 0 Å². The third-order valence-electron chi connectivity index (χ3n) is 2.73. The van der Waals surface area contributed by atoms with Gasteiger partial charge in [-0.1, -0.05) is 11.6 Å². The second-order valence-electron chi connectivity index (χ2n) is 4.06. The summed E-state index contributed by atoms with van der Waals surface area (Å²) in [7, 11) is 0. The molecule has 0 saturated heterocycles. The monoisotopic (exact) mass is 281 g/mol. The van der Waals surface area contributed by atoms with Crippen LogP contribution in [0.2, 0.25) is 5.02 Å². The largest absolute Gasteiger partial charge is 0.462 e. The van der Waals surface area contributed by atoms with E-state index in [1.807, 2.05) is 35.9 Å². The molecule has 2 rings (SSSR count). The summed E-state index contributed by atoms with van der Waals surface area (Å²) in [6.07, 6.45) is 1.85. The molecule has 0 N–H and O–H groups in total. The Morgan fingerprint density at radius 3 is 2.95 bits per heavy atom. The van der Waals surface area contributed by atoms with Crippen LogP contribution in [-0.4, -0.2) is 30.4 Å². The summed E-state index contributed by atoms with van der Waals surface area (Å²) >= 11 is 5.92. The predicted octanol–water partition coefficient (Wildman–Crippen LogP) is 2.87. The average Bonchev–Trinajstić information content (AvgIpc) is 2.77. The number of rotatable bonds is 6. The number of carbonyl (C=O) groups is 1. The summed E-state index contributed by atoms with van der Waals surface area (Å²) in [6, 6.07) is 7.49. The normalized spacial score (nSPS) is 10.8. The van der Waals surface area contributed by atoms with Crippen LogP contribution in [0.5, 0.6) is 0 Å². The van der Waals surface area contributed by atoms with Crippen molar-refractivity contribution in [2.24, 2.45) is 0 Å². The molecule has 102 valence electrons. The molecule has 0 radical (unpaired) electrons. The summed E-state index contributed by atoms with van der Waals surface area (Å²) in [5.74, 6) is -0.271. The first kappa shape index (κ1) is 13.9. The molecule has 0 bridgehead atoms. The van der Waals surface area contributed by atoms with E-state index in [1.165, 1.54) is 0 Å². The Balaban J connectivity index is 1.95. The first-order valence-electron chi connectivity index (χ1n) is 6.18. The molecule has 0 unspecified atom stereocenters. The van der Waals surface area contributed by atoms with Crippen molar-refractivity contribution in [2.45, 2.75) is 13.5 Å². The van der Waals surface area contributed by atoms with E-state index < -0.39 is 0 Å². The maximum atomic E-state index is 11.7. The highest BCUT2D eigenvalue weighted by atomic mass is 35.5. The van der Waals surface area contributed by atoms with Crippen molar-refractivity contribution in [1.82, 2.24) is 4.57 Å². The smallest absolute Gasteiger partial charge is 0.326 e. The molecule has 0 aliphatic carbocycles. The highest BCUT2D eigenvalue weighted by Gasteiger charge is 2.07. The fourth-order valence-corrected chi connectivity index (χ4v) is 2.03. The number of nitrogens with zero attached hydrogens (tertiary/aromatic N) is 1. The minimum absolute atomic E-state index is 0.192. The van der Waals surface area contributed by atoms with E-state index in [2.05, 4.69) is 0 Å². The minimum Gasteiger partial charge on any atom is -0.462 e. The first-order chi connectivity index (χ1) is 9.20. The van der Waals surface area contributed by atoms with E-state index in [4.69, 9.17) is 21.1 Å². The number of aromatic nitrogens is 1. The van der Waals surface area contributed by atoms with Crippen LogP contribution in [0.15, 0.2) is 30.5 Å². The third kappa shape index (κ3) is 3.72. The van der Waals surface area contributed by atoms with Gasteiger partial charge in [0.15, 0.2) is 0 Å². The molecule has 1 aromatic carbocycles. The Morgan fingerprint density at radius 1 is 1.32 bits per heavy atom. The van der Waals surface area contributed by atoms with Crippen LogP contribution >= 0.6 is 11.6 Å². The van der Waals surface area contributed by atoms with Gasteiger partial charge < -0.3 is 14.0 Å². The summed E-state index contributed by atoms with van der Waals surface area (Å²) in [5, 5.41) is 1.69. The summed E-state index contributed by atoms with van der Waals surface area (Å²) in [5.41, 5.74) is 0.964. The Morgan fingerprint density at radius 2 is 2.16 bits per heavy atom. The van der Waals surface area contributed by atoms with Gasteiger partial charge in [-0.2, -0.15) is 0 Å².